The van der Waals surface area contributed by atoms with E-state index in [-0.39, 0.29) is 18.2 Å². The zero-order valence-corrected chi connectivity index (χ0v) is 17.3. The van der Waals surface area contributed by atoms with Gasteiger partial charge >= 0.3 is 0 Å². The summed E-state index contributed by atoms with van der Waals surface area (Å²) in [5.74, 6) is -0.877. The van der Waals surface area contributed by atoms with Gasteiger partial charge < -0.3 is 9.47 Å². The summed E-state index contributed by atoms with van der Waals surface area (Å²) in [4.78, 5) is 47.2. The highest BCUT2D eigenvalue weighted by Crippen LogP contribution is 2.34. The van der Waals surface area contributed by atoms with E-state index in [9.17, 15) is 14.4 Å². The number of benzene rings is 1. The average Bonchev–Trinajstić information content (AvgIpc) is 3.28. The topological polar surface area (TPSA) is 97.2 Å². The molecule has 0 radical (unpaired) electrons. The van der Waals surface area contributed by atoms with Crippen LogP contribution in [-0.4, -0.2) is 43.2 Å². The summed E-state index contributed by atoms with van der Waals surface area (Å²) in [5, 5.41) is 2.33. The predicted octanol–water partition coefficient (Wildman–Crippen LogP) is 2.22. The van der Waals surface area contributed by atoms with Crippen LogP contribution in [0.4, 0.5) is 0 Å². The second-order valence-corrected chi connectivity index (χ2v) is 8.01. The molecular weight excluding hydrogens is 394 g/mol. The lowest BCUT2D eigenvalue weighted by Crippen LogP contribution is -2.52. The van der Waals surface area contributed by atoms with E-state index in [0.717, 1.165) is 33.8 Å². The van der Waals surface area contributed by atoms with Crippen LogP contribution in [0.5, 0.6) is 0 Å². The van der Waals surface area contributed by atoms with Crippen molar-refractivity contribution >= 4 is 17.7 Å². The number of piperidine rings is 1. The van der Waals surface area contributed by atoms with Gasteiger partial charge in [0.15, 0.2) is 0 Å². The Morgan fingerprint density at radius 1 is 1.06 bits per heavy atom. The van der Waals surface area contributed by atoms with E-state index < -0.39 is 11.9 Å². The van der Waals surface area contributed by atoms with E-state index >= 15 is 0 Å². The molecule has 3 aromatic rings. The lowest BCUT2D eigenvalue weighted by molar-refractivity contribution is -0.136. The maximum atomic E-state index is 12.9. The van der Waals surface area contributed by atoms with Gasteiger partial charge in [0.05, 0.1) is 17.7 Å². The van der Waals surface area contributed by atoms with Gasteiger partial charge in [0.1, 0.15) is 6.04 Å². The minimum absolute atomic E-state index is 0.181. The standard InChI is InChI=1S/C23H21N5O3/c1-13-3-4-15(10-24-13)21-20(25-12-27(21)2)14-5-6-17-16(9-14)11-28(23(17)31)18-7-8-19(29)26-22(18)30/h3-6,9-10,12,18H,7-8,11H2,1-2H3,(H,26,29,30). The molecule has 8 heteroatoms. The van der Waals surface area contributed by atoms with E-state index in [2.05, 4.69) is 15.3 Å². The van der Waals surface area contributed by atoms with Crippen molar-refractivity contribution < 1.29 is 14.4 Å². The van der Waals surface area contributed by atoms with E-state index in [4.69, 9.17) is 0 Å². The van der Waals surface area contributed by atoms with Gasteiger partial charge in [0.25, 0.3) is 5.91 Å². The molecule has 1 atom stereocenters. The Morgan fingerprint density at radius 3 is 2.61 bits per heavy atom. The lowest BCUT2D eigenvalue weighted by Gasteiger charge is -2.29. The molecule has 0 bridgehead atoms. The molecule has 156 valence electrons. The van der Waals surface area contributed by atoms with Crippen molar-refractivity contribution in [1.82, 2.24) is 24.8 Å². The van der Waals surface area contributed by atoms with Crippen molar-refractivity contribution in [3.63, 3.8) is 0 Å². The van der Waals surface area contributed by atoms with Crippen molar-refractivity contribution in [3.8, 4) is 22.5 Å². The average molecular weight is 415 g/mol. The first-order valence-electron chi connectivity index (χ1n) is 10.1. The van der Waals surface area contributed by atoms with Crippen LogP contribution in [0.25, 0.3) is 22.5 Å². The molecule has 2 aliphatic rings. The number of nitrogens with zero attached hydrogens (tertiary/aromatic N) is 4. The van der Waals surface area contributed by atoms with Crippen molar-refractivity contribution in [3.05, 3.63) is 59.7 Å². The fourth-order valence-electron chi connectivity index (χ4n) is 4.31. The molecule has 0 aliphatic carbocycles. The molecule has 1 N–H and O–H groups in total. The van der Waals surface area contributed by atoms with Gasteiger partial charge in [-0.1, -0.05) is 6.07 Å². The smallest absolute Gasteiger partial charge is 0.255 e. The van der Waals surface area contributed by atoms with E-state index in [1.54, 1.807) is 17.3 Å². The lowest BCUT2D eigenvalue weighted by atomic mass is 10.0. The molecule has 5 rings (SSSR count). The maximum Gasteiger partial charge on any atom is 0.255 e. The SMILES string of the molecule is Cc1ccc(-c2c(-c3ccc4c(c3)CN(C3CCC(=O)NC3=O)C4=O)ncn2C)cn1. The van der Waals surface area contributed by atoms with Crippen LogP contribution in [0.15, 0.2) is 42.9 Å². The number of nitrogens with one attached hydrogen (secondary N) is 1. The first kappa shape index (κ1) is 19.2. The summed E-state index contributed by atoms with van der Waals surface area (Å²) in [6, 6.07) is 9.01. The maximum absolute atomic E-state index is 12.9. The second kappa shape index (κ2) is 7.16. The molecule has 8 nitrogen and oxygen atoms in total. The highest BCUT2D eigenvalue weighted by molar-refractivity contribution is 6.05. The number of aryl methyl sites for hydroxylation is 2. The quantitative estimate of drug-likeness (QED) is 0.662. The molecule has 31 heavy (non-hydrogen) atoms. The number of hydrogen-bond donors (Lipinski definition) is 1. The van der Waals surface area contributed by atoms with Crippen molar-refractivity contribution in [2.45, 2.75) is 32.4 Å². The van der Waals surface area contributed by atoms with Gasteiger partial charge in [0.2, 0.25) is 11.8 Å². The number of amides is 3. The number of imidazole rings is 1. The summed E-state index contributed by atoms with van der Waals surface area (Å²) >= 11 is 0. The van der Waals surface area contributed by atoms with Gasteiger partial charge in [-0.3, -0.25) is 24.7 Å². The molecule has 1 fully saturated rings. The van der Waals surface area contributed by atoms with Crippen LogP contribution in [0, 0.1) is 6.92 Å². The van der Waals surface area contributed by atoms with Gasteiger partial charge in [-0.15, -0.1) is 0 Å². The molecule has 1 saturated heterocycles. The zero-order chi connectivity index (χ0) is 21.7. The van der Waals surface area contributed by atoms with Crippen LogP contribution >= 0.6 is 0 Å². The van der Waals surface area contributed by atoms with Crippen molar-refractivity contribution in [2.75, 3.05) is 0 Å². The molecule has 0 saturated carbocycles. The molecule has 4 heterocycles. The number of rotatable bonds is 3. The van der Waals surface area contributed by atoms with E-state index in [1.165, 1.54) is 0 Å². The third-order valence-corrected chi connectivity index (χ3v) is 5.92. The summed E-state index contributed by atoms with van der Waals surface area (Å²) in [7, 11) is 1.94. The second-order valence-electron chi connectivity index (χ2n) is 8.01. The predicted molar refractivity (Wildman–Crippen MR) is 113 cm³/mol. The summed E-state index contributed by atoms with van der Waals surface area (Å²) in [5.41, 5.74) is 5.99. The minimum Gasteiger partial charge on any atom is -0.333 e. The minimum atomic E-state index is -0.620. The Morgan fingerprint density at radius 2 is 1.87 bits per heavy atom. The highest BCUT2D eigenvalue weighted by atomic mass is 16.2. The van der Waals surface area contributed by atoms with E-state index in [0.29, 0.717) is 18.5 Å². The van der Waals surface area contributed by atoms with Crippen LogP contribution in [0.2, 0.25) is 0 Å². The van der Waals surface area contributed by atoms with Crippen LogP contribution in [0.3, 0.4) is 0 Å². The third kappa shape index (κ3) is 3.20. The Bertz CT molecular complexity index is 1230. The molecule has 0 spiro atoms. The zero-order valence-electron chi connectivity index (χ0n) is 17.3. The van der Waals surface area contributed by atoms with Crippen molar-refractivity contribution in [1.29, 1.82) is 0 Å². The monoisotopic (exact) mass is 415 g/mol. The first-order valence-corrected chi connectivity index (χ1v) is 10.1. The van der Waals surface area contributed by atoms with Gasteiger partial charge in [-0.05, 0) is 43.2 Å². The largest absolute Gasteiger partial charge is 0.333 e. The molecular formula is C23H21N5O3. The van der Waals surface area contributed by atoms with E-state index in [1.807, 2.05) is 49.0 Å². The number of carbonyl (C=O) groups excluding carboxylic acids is 3. The third-order valence-electron chi connectivity index (χ3n) is 5.92. The van der Waals surface area contributed by atoms with Crippen molar-refractivity contribution in [2.24, 2.45) is 7.05 Å². The fourth-order valence-corrected chi connectivity index (χ4v) is 4.31. The van der Waals surface area contributed by atoms with Crippen LogP contribution in [0.1, 0.15) is 34.5 Å². The Balaban J connectivity index is 1.49. The number of fused-ring (bicyclic) bond motifs is 1. The summed E-state index contributed by atoms with van der Waals surface area (Å²) < 4.78 is 1.95. The normalized spacial score (nSPS) is 18.3. The number of imide groups is 1. The Kier molecular flexibility index (Phi) is 4.43. The molecule has 1 unspecified atom stereocenters. The summed E-state index contributed by atoms with van der Waals surface area (Å²) in [6.07, 6.45) is 4.18. The van der Waals surface area contributed by atoms with Gasteiger partial charge in [-0.2, -0.15) is 0 Å². The van der Waals surface area contributed by atoms with Crippen LogP contribution in [-0.2, 0) is 23.2 Å². The number of carbonyl (C=O) groups is 3. The van der Waals surface area contributed by atoms with Gasteiger partial charge in [0, 0.05) is 48.6 Å². The molecule has 2 aliphatic heterocycles. The molecule has 3 amide bonds. The van der Waals surface area contributed by atoms with Gasteiger partial charge in [-0.25, -0.2) is 4.98 Å². The number of hydrogen-bond acceptors (Lipinski definition) is 5. The first-order chi connectivity index (χ1) is 14.9. The summed E-state index contributed by atoms with van der Waals surface area (Å²) in [6.45, 7) is 2.28. The fraction of sp³-hybridized carbons (Fsp3) is 0.261. The molecule has 2 aromatic heterocycles. The molecule has 1 aromatic carbocycles. The highest BCUT2D eigenvalue weighted by Gasteiger charge is 2.39. The number of pyridine rings is 1. The Labute approximate surface area is 178 Å². The van der Waals surface area contributed by atoms with Crippen LogP contribution < -0.4 is 5.32 Å². The number of aromatic nitrogens is 3. The Hall–Kier alpha value is -3.81.